The molecule has 0 radical (unpaired) electrons. The predicted octanol–water partition coefficient (Wildman–Crippen LogP) is 4.63. The highest BCUT2D eigenvalue weighted by molar-refractivity contribution is 5.95. The molecule has 0 aliphatic rings. The van der Waals surface area contributed by atoms with Gasteiger partial charge in [0.15, 0.2) is 11.9 Å². The number of aromatic nitrogens is 2. The molecule has 150 valence electrons. The van der Waals surface area contributed by atoms with Crippen LogP contribution in [0.2, 0.25) is 0 Å². The van der Waals surface area contributed by atoms with Crippen LogP contribution in [-0.2, 0) is 4.79 Å². The molecule has 6 heteroatoms. The first-order valence-electron chi connectivity index (χ1n) is 9.62. The second-order valence-corrected chi connectivity index (χ2v) is 6.98. The lowest BCUT2D eigenvalue weighted by Crippen LogP contribution is -2.30. The van der Waals surface area contributed by atoms with E-state index in [4.69, 9.17) is 4.74 Å². The SMILES string of the molecule is CC(=O)c1cccc(OC(C)C(=O)Nc2ccc(-n3cnc4ccccc43)cc2)c1. The largest absolute Gasteiger partial charge is 0.481 e. The van der Waals surface area contributed by atoms with Crippen LogP contribution in [0.3, 0.4) is 0 Å². The molecule has 4 aromatic rings. The molecule has 1 unspecified atom stereocenters. The molecule has 1 aromatic heterocycles. The second kappa shape index (κ2) is 8.21. The third kappa shape index (κ3) is 4.07. The molecule has 0 aliphatic heterocycles. The predicted molar refractivity (Wildman–Crippen MR) is 116 cm³/mol. The number of rotatable bonds is 6. The van der Waals surface area contributed by atoms with E-state index >= 15 is 0 Å². The number of anilines is 1. The van der Waals surface area contributed by atoms with Gasteiger partial charge in [0.2, 0.25) is 0 Å². The van der Waals surface area contributed by atoms with Crippen LogP contribution in [0.25, 0.3) is 16.7 Å². The molecule has 1 atom stereocenters. The molecule has 1 N–H and O–H groups in total. The van der Waals surface area contributed by atoms with Crippen molar-refractivity contribution < 1.29 is 14.3 Å². The number of fused-ring (bicyclic) bond motifs is 1. The minimum atomic E-state index is -0.718. The van der Waals surface area contributed by atoms with Crippen molar-refractivity contribution in [3.63, 3.8) is 0 Å². The Morgan fingerprint density at radius 1 is 1.00 bits per heavy atom. The Hall–Kier alpha value is -3.93. The summed E-state index contributed by atoms with van der Waals surface area (Å²) in [5.41, 5.74) is 4.11. The molecule has 0 spiro atoms. The standard InChI is InChI=1S/C24H21N3O3/c1-16(28)18-6-5-7-21(14-18)30-17(2)24(29)26-19-10-12-20(13-11-19)27-15-25-22-8-3-4-9-23(22)27/h3-15,17H,1-2H3,(H,26,29). The second-order valence-electron chi connectivity index (χ2n) is 6.98. The van der Waals surface area contributed by atoms with Crippen LogP contribution in [0.1, 0.15) is 24.2 Å². The number of hydrogen-bond acceptors (Lipinski definition) is 4. The Labute approximate surface area is 174 Å². The van der Waals surface area contributed by atoms with E-state index in [1.807, 2.05) is 53.1 Å². The van der Waals surface area contributed by atoms with Crippen molar-refractivity contribution in [2.75, 3.05) is 5.32 Å². The smallest absolute Gasteiger partial charge is 0.265 e. The Morgan fingerprint density at radius 3 is 2.53 bits per heavy atom. The highest BCUT2D eigenvalue weighted by atomic mass is 16.5. The maximum Gasteiger partial charge on any atom is 0.265 e. The number of carbonyl (C=O) groups excluding carboxylic acids is 2. The van der Waals surface area contributed by atoms with Crippen molar-refractivity contribution in [2.24, 2.45) is 0 Å². The number of ether oxygens (including phenoxy) is 1. The molecule has 0 bridgehead atoms. The van der Waals surface area contributed by atoms with Crippen molar-refractivity contribution in [2.45, 2.75) is 20.0 Å². The van der Waals surface area contributed by atoms with Gasteiger partial charge in [-0.25, -0.2) is 4.98 Å². The van der Waals surface area contributed by atoms with E-state index in [9.17, 15) is 9.59 Å². The van der Waals surface area contributed by atoms with Crippen LogP contribution in [0.15, 0.2) is 79.1 Å². The Bertz CT molecular complexity index is 1210. The average Bonchev–Trinajstić information content (AvgIpc) is 3.18. The van der Waals surface area contributed by atoms with Crippen LogP contribution in [-0.4, -0.2) is 27.3 Å². The molecule has 3 aromatic carbocycles. The van der Waals surface area contributed by atoms with Crippen LogP contribution < -0.4 is 10.1 Å². The zero-order chi connectivity index (χ0) is 21.1. The minimum Gasteiger partial charge on any atom is -0.481 e. The number of Topliss-reactive ketones (excluding diaryl/α,β-unsaturated/α-hetero) is 1. The summed E-state index contributed by atoms with van der Waals surface area (Å²) in [5, 5.41) is 2.85. The van der Waals surface area contributed by atoms with Crippen LogP contribution >= 0.6 is 0 Å². The number of nitrogens with zero attached hydrogens (tertiary/aromatic N) is 2. The molecule has 30 heavy (non-hydrogen) atoms. The van der Waals surface area contributed by atoms with Gasteiger partial charge in [0.1, 0.15) is 12.1 Å². The van der Waals surface area contributed by atoms with Gasteiger partial charge < -0.3 is 10.1 Å². The summed E-state index contributed by atoms with van der Waals surface area (Å²) in [6, 6.07) is 22.2. The molecule has 0 aliphatic carbocycles. The van der Waals surface area contributed by atoms with Crippen LogP contribution in [0.5, 0.6) is 5.75 Å². The van der Waals surface area contributed by atoms with E-state index in [1.54, 1.807) is 37.5 Å². The zero-order valence-electron chi connectivity index (χ0n) is 16.7. The number of carbonyl (C=O) groups is 2. The quantitative estimate of drug-likeness (QED) is 0.480. The van der Waals surface area contributed by atoms with E-state index in [0.29, 0.717) is 17.0 Å². The summed E-state index contributed by atoms with van der Waals surface area (Å²) in [4.78, 5) is 28.4. The van der Waals surface area contributed by atoms with E-state index in [1.165, 1.54) is 6.92 Å². The third-order valence-electron chi connectivity index (χ3n) is 4.79. The summed E-state index contributed by atoms with van der Waals surface area (Å²) in [6.07, 6.45) is 1.06. The molecule has 0 saturated heterocycles. The van der Waals surface area contributed by atoms with Crippen molar-refractivity contribution in [3.05, 3.63) is 84.7 Å². The van der Waals surface area contributed by atoms with E-state index < -0.39 is 6.10 Å². The highest BCUT2D eigenvalue weighted by Gasteiger charge is 2.15. The molecule has 1 amide bonds. The van der Waals surface area contributed by atoms with Gasteiger partial charge in [-0.15, -0.1) is 0 Å². The fraction of sp³-hybridized carbons (Fsp3) is 0.125. The van der Waals surface area contributed by atoms with Gasteiger partial charge in [0.05, 0.1) is 11.0 Å². The number of nitrogens with one attached hydrogen (secondary N) is 1. The van der Waals surface area contributed by atoms with Gasteiger partial charge in [-0.1, -0.05) is 24.3 Å². The van der Waals surface area contributed by atoms with Crippen LogP contribution in [0, 0.1) is 0 Å². The number of benzene rings is 3. The third-order valence-corrected chi connectivity index (χ3v) is 4.79. The Balaban J connectivity index is 1.43. The topological polar surface area (TPSA) is 73.2 Å². The zero-order valence-corrected chi connectivity index (χ0v) is 16.7. The first-order chi connectivity index (χ1) is 14.5. The lowest BCUT2D eigenvalue weighted by molar-refractivity contribution is -0.122. The number of para-hydroxylation sites is 2. The average molecular weight is 399 g/mol. The maximum absolute atomic E-state index is 12.5. The Morgan fingerprint density at radius 2 is 1.77 bits per heavy atom. The van der Waals surface area contributed by atoms with E-state index in [-0.39, 0.29) is 11.7 Å². The lowest BCUT2D eigenvalue weighted by Gasteiger charge is -2.15. The molecule has 0 fully saturated rings. The lowest BCUT2D eigenvalue weighted by atomic mass is 10.1. The number of ketones is 1. The van der Waals surface area contributed by atoms with Gasteiger partial charge in [0, 0.05) is 16.9 Å². The summed E-state index contributed by atoms with van der Waals surface area (Å²) < 4.78 is 7.69. The molecular weight excluding hydrogens is 378 g/mol. The van der Waals surface area contributed by atoms with Crippen molar-refractivity contribution in [1.82, 2.24) is 9.55 Å². The molecule has 6 nitrogen and oxygen atoms in total. The van der Waals surface area contributed by atoms with Crippen molar-refractivity contribution in [3.8, 4) is 11.4 Å². The maximum atomic E-state index is 12.5. The normalized spacial score (nSPS) is 11.8. The summed E-state index contributed by atoms with van der Waals surface area (Å²) >= 11 is 0. The first kappa shape index (κ1) is 19.4. The number of imidazole rings is 1. The number of hydrogen-bond donors (Lipinski definition) is 1. The number of amides is 1. The summed E-state index contributed by atoms with van der Waals surface area (Å²) in [5.74, 6) is 0.153. The molecule has 0 saturated carbocycles. The fourth-order valence-corrected chi connectivity index (χ4v) is 3.16. The monoisotopic (exact) mass is 399 g/mol. The van der Waals surface area contributed by atoms with Gasteiger partial charge in [0.25, 0.3) is 5.91 Å². The van der Waals surface area contributed by atoms with Gasteiger partial charge in [-0.05, 0) is 62.4 Å². The van der Waals surface area contributed by atoms with Crippen LogP contribution in [0.4, 0.5) is 5.69 Å². The van der Waals surface area contributed by atoms with Gasteiger partial charge in [-0.2, -0.15) is 0 Å². The molecular formula is C24H21N3O3. The van der Waals surface area contributed by atoms with E-state index in [2.05, 4.69) is 10.3 Å². The first-order valence-corrected chi connectivity index (χ1v) is 9.62. The van der Waals surface area contributed by atoms with Crippen molar-refractivity contribution in [1.29, 1.82) is 0 Å². The minimum absolute atomic E-state index is 0.0525. The highest BCUT2D eigenvalue weighted by Crippen LogP contribution is 2.20. The summed E-state index contributed by atoms with van der Waals surface area (Å²) in [6.45, 7) is 3.16. The Kier molecular flexibility index (Phi) is 5.30. The summed E-state index contributed by atoms with van der Waals surface area (Å²) in [7, 11) is 0. The fourth-order valence-electron chi connectivity index (χ4n) is 3.16. The van der Waals surface area contributed by atoms with E-state index in [0.717, 1.165) is 16.7 Å². The van der Waals surface area contributed by atoms with Gasteiger partial charge in [-0.3, -0.25) is 14.2 Å². The van der Waals surface area contributed by atoms with Crippen molar-refractivity contribution >= 4 is 28.4 Å². The van der Waals surface area contributed by atoms with Gasteiger partial charge >= 0.3 is 0 Å². The molecule has 1 heterocycles. The molecule has 4 rings (SSSR count).